The Kier molecular flexibility index (Phi) is 12.3. The fourth-order valence-corrected chi connectivity index (χ4v) is 4.30. The van der Waals surface area contributed by atoms with E-state index in [0.29, 0.717) is 24.3 Å². The smallest absolute Gasteiger partial charge is 0.410 e. The molecule has 0 fully saturated rings. The minimum Gasteiger partial charge on any atom is -0.446 e. The number of nitrogens with zero attached hydrogens (tertiary/aromatic N) is 1. The molecule has 26 heavy (non-hydrogen) atoms. The van der Waals surface area contributed by atoms with Crippen molar-refractivity contribution in [3.8, 4) is 0 Å². The summed E-state index contributed by atoms with van der Waals surface area (Å²) in [5, 5.41) is 0. The molecule has 0 aromatic heterocycles. The van der Waals surface area contributed by atoms with Crippen molar-refractivity contribution in [3.05, 3.63) is 0 Å². The third-order valence-corrected chi connectivity index (χ3v) is 5.49. The molecule has 2 unspecified atom stereocenters. The molecule has 1 amide bonds. The van der Waals surface area contributed by atoms with Gasteiger partial charge in [0.15, 0.2) is 0 Å². The van der Waals surface area contributed by atoms with E-state index in [-0.39, 0.29) is 17.7 Å². The fraction of sp³-hybridized carbons (Fsp3) is 0.957. The van der Waals surface area contributed by atoms with E-state index >= 15 is 0 Å². The van der Waals surface area contributed by atoms with Crippen LogP contribution in [0.15, 0.2) is 0 Å². The van der Waals surface area contributed by atoms with E-state index in [1.807, 2.05) is 4.90 Å². The lowest BCUT2D eigenvalue weighted by molar-refractivity contribution is -0.0121. The highest BCUT2D eigenvalue weighted by atomic mass is 16.6. The first-order valence-electron chi connectivity index (χ1n) is 11.1. The zero-order valence-electron chi connectivity index (χ0n) is 19.2. The van der Waals surface area contributed by atoms with Gasteiger partial charge < -0.3 is 9.64 Å². The Balaban J connectivity index is 5.06. The summed E-state index contributed by atoms with van der Waals surface area (Å²) in [5.74, 6) is 1.36. The summed E-state index contributed by atoms with van der Waals surface area (Å²) in [6.07, 6.45) is 8.18. The molecule has 0 aliphatic rings. The van der Waals surface area contributed by atoms with Crippen LogP contribution in [0, 0.1) is 17.8 Å². The van der Waals surface area contributed by atoms with Crippen LogP contribution >= 0.6 is 0 Å². The van der Waals surface area contributed by atoms with E-state index in [4.69, 9.17) is 4.74 Å². The summed E-state index contributed by atoms with van der Waals surface area (Å²) >= 11 is 0. The van der Waals surface area contributed by atoms with Crippen molar-refractivity contribution in [2.45, 2.75) is 119 Å². The third-order valence-electron chi connectivity index (χ3n) is 5.49. The van der Waals surface area contributed by atoms with Gasteiger partial charge in [0.1, 0.15) is 6.10 Å². The first-order chi connectivity index (χ1) is 12.1. The second kappa shape index (κ2) is 12.6. The molecular formula is C23H47NO2. The maximum Gasteiger partial charge on any atom is 0.410 e. The number of hydrogen-bond donors (Lipinski definition) is 0. The largest absolute Gasteiger partial charge is 0.446 e. The summed E-state index contributed by atoms with van der Waals surface area (Å²) in [6.45, 7) is 20.3. The second-order valence-electron chi connectivity index (χ2n) is 9.26. The van der Waals surface area contributed by atoms with E-state index in [1.165, 1.54) is 25.7 Å². The SMILES string of the molecule is CCCCCCC(CC)C(OC(=O)N(CC)C(C)(C)CC(C)C)C(C)C. The molecule has 0 aliphatic carbocycles. The minimum absolute atomic E-state index is 0.0121. The van der Waals surface area contributed by atoms with Crippen LogP contribution in [-0.2, 0) is 4.74 Å². The number of amides is 1. The molecule has 0 saturated heterocycles. The topological polar surface area (TPSA) is 29.5 Å². The highest BCUT2D eigenvalue weighted by Crippen LogP contribution is 2.29. The average molecular weight is 370 g/mol. The maximum atomic E-state index is 13.0. The van der Waals surface area contributed by atoms with Crippen LogP contribution in [0.25, 0.3) is 0 Å². The molecule has 0 rings (SSSR count). The number of carbonyl (C=O) groups is 1. The molecule has 156 valence electrons. The quantitative estimate of drug-likeness (QED) is 0.319. The molecule has 0 aliphatic heterocycles. The Morgan fingerprint density at radius 3 is 2.04 bits per heavy atom. The summed E-state index contributed by atoms with van der Waals surface area (Å²) in [4.78, 5) is 14.9. The Bertz CT molecular complexity index is 376. The minimum atomic E-state index is -0.176. The van der Waals surface area contributed by atoms with Gasteiger partial charge in [0.25, 0.3) is 0 Å². The number of carbonyl (C=O) groups excluding carboxylic acids is 1. The molecule has 3 heteroatoms. The third kappa shape index (κ3) is 8.77. The molecule has 0 heterocycles. The molecule has 0 radical (unpaired) electrons. The Morgan fingerprint density at radius 2 is 1.62 bits per heavy atom. The van der Waals surface area contributed by atoms with Crippen molar-refractivity contribution in [2.75, 3.05) is 6.54 Å². The van der Waals surface area contributed by atoms with Crippen LogP contribution in [-0.4, -0.2) is 29.2 Å². The van der Waals surface area contributed by atoms with Gasteiger partial charge in [-0.3, -0.25) is 0 Å². The van der Waals surface area contributed by atoms with E-state index in [1.54, 1.807) is 0 Å². The second-order valence-corrected chi connectivity index (χ2v) is 9.26. The van der Waals surface area contributed by atoms with Crippen LogP contribution in [0.2, 0.25) is 0 Å². The van der Waals surface area contributed by atoms with E-state index in [9.17, 15) is 4.79 Å². The highest BCUT2D eigenvalue weighted by Gasteiger charge is 2.35. The monoisotopic (exact) mass is 369 g/mol. The zero-order valence-corrected chi connectivity index (χ0v) is 19.2. The standard InChI is InChI=1S/C23H47NO2/c1-10-13-14-15-16-20(11-2)21(19(6)7)26-22(25)24(12-3)23(8,9)17-18(4)5/h18-21H,10-17H2,1-9H3. The average Bonchev–Trinajstić information content (AvgIpc) is 2.52. The van der Waals surface area contributed by atoms with Gasteiger partial charge in [0.05, 0.1) is 0 Å². The Hall–Kier alpha value is -0.730. The summed E-state index contributed by atoms with van der Waals surface area (Å²) < 4.78 is 6.13. The van der Waals surface area contributed by atoms with Gasteiger partial charge in [-0.2, -0.15) is 0 Å². The molecule has 3 nitrogen and oxygen atoms in total. The lowest BCUT2D eigenvalue weighted by Crippen LogP contribution is -2.50. The van der Waals surface area contributed by atoms with Crippen molar-refractivity contribution in [2.24, 2.45) is 17.8 Å². The molecule has 0 N–H and O–H groups in total. The lowest BCUT2D eigenvalue weighted by Gasteiger charge is -2.40. The summed E-state index contributed by atoms with van der Waals surface area (Å²) in [7, 11) is 0. The predicted molar refractivity (Wildman–Crippen MR) is 114 cm³/mol. The van der Waals surface area contributed by atoms with Gasteiger partial charge in [0, 0.05) is 12.1 Å². The maximum absolute atomic E-state index is 13.0. The molecule has 0 spiro atoms. The van der Waals surface area contributed by atoms with Gasteiger partial charge in [-0.25, -0.2) is 4.79 Å². The van der Waals surface area contributed by atoms with Crippen molar-refractivity contribution >= 4 is 6.09 Å². The lowest BCUT2D eigenvalue weighted by atomic mass is 9.86. The van der Waals surface area contributed by atoms with E-state index < -0.39 is 0 Å². The Labute approximate surface area is 164 Å². The number of hydrogen-bond acceptors (Lipinski definition) is 2. The Morgan fingerprint density at radius 1 is 1.00 bits per heavy atom. The summed E-state index contributed by atoms with van der Waals surface area (Å²) in [5.41, 5.74) is -0.176. The van der Waals surface area contributed by atoms with Crippen molar-refractivity contribution in [1.82, 2.24) is 4.90 Å². The van der Waals surface area contributed by atoms with E-state index in [0.717, 1.165) is 19.3 Å². The number of ether oxygens (including phenoxy) is 1. The molecule has 0 saturated carbocycles. The van der Waals surface area contributed by atoms with Crippen LogP contribution in [0.5, 0.6) is 0 Å². The molecule has 0 aromatic rings. The highest BCUT2D eigenvalue weighted by molar-refractivity contribution is 5.68. The van der Waals surface area contributed by atoms with Gasteiger partial charge in [-0.05, 0) is 57.8 Å². The molecular weight excluding hydrogens is 322 g/mol. The van der Waals surface area contributed by atoms with Crippen LogP contribution in [0.4, 0.5) is 4.79 Å². The van der Waals surface area contributed by atoms with Crippen LogP contribution in [0.3, 0.4) is 0 Å². The van der Waals surface area contributed by atoms with Gasteiger partial charge in [-0.1, -0.05) is 67.2 Å². The normalized spacial score (nSPS) is 14.6. The number of unbranched alkanes of at least 4 members (excludes halogenated alkanes) is 3. The zero-order chi connectivity index (χ0) is 20.3. The fourth-order valence-electron chi connectivity index (χ4n) is 4.30. The van der Waals surface area contributed by atoms with Gasteiger partial charge in [0.2, 0.25) is 0 Å². The number of rotatable bonds is 13. The van der Waals surface area contributed by atoms with Gasteiger partial charge in [-0.15, -0.1) is 0 Å². The molecule has 0 bridgehead atoms. The molecule has 2 atom stereocenters. The first kappa shape index (κ1) is 25.3. The molecule has 0 aromatic carbocycles. The van der Waals surface area contributed by atoms with E-state index in [2.05, 4.69) is 62.3 Å². The first-order valence-corrected chi connectivity index (χ1v) is 11.1. The predicted octanol–water partition coefficient (Wildman–Crippen LogP) is 7.29. The van der Waals surface area contributed by atoms with Gasteiger partial charge >= 0.3 is 6.09 Å². The van der Waals surface area contributed by atoms with Crippen molar-refractivity contribution < 1.29 is 9.53 Å². The van der Waals surface area contributed by atoms with Crippen LogP contribution < -0.4 is 0 Å². The summed E-state index contributed by atoms with van der Waals surface area (Å²) in [6, 6.07) is 0. The van der Waals surface area contributed by atoms with Crippen LogP contribution in [0.1, 0.15) is 107 Å². The van der Waals surface area contributed by atoms with Crippen molar-refractivity contribution in [1.29, 1.82) is 0 Å². The van der Waals surface area contributed by atoms with Crippen molar-refractivity contribution in [3.63, 3.8) is 0 Å².